The predicted octanol–water partition coefficient (Wildman–Crippen LogP) is 4.13. The van der Waals surface area contributed by atoms with Crippen molar-refractivity contribution >= 4 is 11.6 Å². The van der Waals surface area contributed by atoms with Gasteiger partial charge in [-0.3, -0.25) is 9.78 Å². The lowest BCUT2D eigenvalue weighted by molar-refractivity contribution is 0.0951. The molecule has 1 N–H and O–H groups in total. The van der Waals surface area contributed by atoms with Gasteiger partial charge in [0.15, 0.2) is 0 Å². The molecule has 0 aliphatic heterocycles. The van der Waals surface area contributed by atoms with Crippen molar-refractivity contribution < 1.29 is 9.53 Å². The number of aromatic nitrogens is 1. The normalized spacial score (nSPS) is 11.5. The fourth-order valence-electron chi connectivity index (χ4n) is 2.61. The van der Waals surface area contributed by atoms with E-state index in [9.17, 15) is 4.79 Å². The Hall–Kier alpha value is -3.34. The first kappa shape index (κ1) is 18.5. The summed E-state index contributed by atoms with van der Waals surface area (Å²) in [7, 11) is 2.02. The Morgan fingerprint density at radius 2 is 1.78 bits per heavy atom. The van der Waals surface area contributed by atoms with Gasteiger partial charge in [-0.05, 0) is 55.5 Å². The summed E-state index contributed by atoms with van der Waals surface area (Å²) in [5.74, 6) is 1.22. The number of hydrogen-bond donors (Lipinski definition) is 1. The Kier molecular flexibility index (Phi) is 6.05. The van der Waals surface area contributed by atoms with Crippen LogP contribution >= 0.6 is 0 Å². The predicted molar refractivity (Wildman–Crippen MR) is 107 cm³/mol. The number of hydrogen-bond acceptors (Lipinski definition) is 4. The van der Waals surface area contributed by atoms with Crippen molar-refractivity contribution in [1.29, 1.82) is 0 Å². The molecule has 0 fully saturated rings. The van der Waals surface area contributed by atoms with Crippen LogP contribution in [0.15, 0.2) is 79.1 Å². The molecule has 1 atom stereocenters. The molecule has 5 nitrogen and oxygen atoms in total. The second-order valence-corrected chi connectivity index (χ2v) is 6.32. The number of rotatable bonds is 7. The molecule has 1 heterocycles. The fourth-order valence-corrected chi connectivity index (χ4v) is 2.61. The van der Waals surface area contributed by atoms with Crippen molar-refractivity contribution in [2.45, 2.75) is 13.0 Å². The summed E-state index contributed by atoms with van der Waals surface area (Å²) < 4.78 is 5.69. The van der Waals surface area contributed by atoms with Gasteiger partial charge in [0.25, 0.3) is 5.91 Å². The van der Waals surface area contributed by atoms with Gasteiger partial charge in [0.1, 0.15) is 11.5 Å². The number of nitrogens with one attached hydrogen (secondary N) is 1. The number of amides is 1. The molecule has 1 aromatic heterocycles. The van der Waals surface area contributed by atoms with Crippen molar-refractivity contribution in [1.82, 2.24) is 10.3 Å². The van der Waals surface area contributed by atoms with Crippen LogP contribution in [-0.2, 0) is 0 Å². The average Bonchev–Trinajstić information content (AvgIpc) is 2.73. The van der Waals surface area contributed by atoms with E-state index in [1.54, 1.807) is 36.7 Å². The minimum absolute atomic E-state index is 0.101. The zero-order valence-corrected chi connectivity index (χ0v) is 15.5. The van der Waals surface area contributed by atoms with Crippen molar-refractivity contribution in [3.05, 3.63) is 84.7 Å². The average molecular weight is 361 g/mol. The minimum atomic E-state index is -0.101. The van der Waals surface area contributed by atoms with Gasteiger partial charge in [0, 0.05) is 37.1 Å². The van der Waals surface area contributed by atoms with Gasteiger partial charge in [-0.15, -0.1) is 0 Å². The van der Waals surface area contributed by atoms with Crippen LogP contribution < -0.4 is 15.0 Å². The maximum atomic E-state index is 12.4. The van der Waals surface area contributed by atoms with Crippen LogP contribution in [0.5, 0.6) is 11.5 Å². The third-order valence-corrected chi connectivity index (χ3v) is 4.37. The Labute approximate surface area is 159 Å². The highest BCUT2D eigenvalue weighted by Crippen LogP contribution is 2.20. The zero-order chi connectivity index (χ0) is 19.1. The van der Waals surface area contributed by atoms with Crippen LogP contribution in [0.1, 0.15) is 17.3 Å². The van der Waals surface area contributed by atoms with Gasteiger partial charge in [0.2, 0.25) is 0 Å². The summed E-state index contributed by atoms with van der Waals surface area (Å²) in [6.45, 7) is 2.64. The summed E-state index contributed by atoms with van der Waals surface area (Å²) in [6, 6.07) is 21.0. The maximum absolute atomic E-state index is 12.4. The fraction of sp³-hybridized carbons (Fsp3) is 0.182. The molecule has 1 amide bonds. The monoisotopic (exact) mass is 361 g/mol. The molecule has 3 aromatic rings. The second kappa shape index (κ2) is 8.85. The third-order valence-electron chi connectivity index (χ3n) is 4.37. The molecular weight excluding hydrogens is 338 g/mol. The van der Waals surface area contributed by atoms with Crippen LogP contribution in [0.4, 0.5) is 5.69 Å². The lowest BCUT2D eigenvalue weighted by atomic mass is 10.2. The number of benzene rings is 2. The Morgan fingerprint density at radius 3 is 2.44 bits per heavy atom. The molecule has 0 aliphatic carbocycles. The number of anilines is 1. The van der Waals surface area contributed by atoms with Gasteiger partial charge >= 0.3 is 0 Å². The molecule has 0 radical (unpaired) electrons. The van der Waals surface area contributed by atoms with Crippen LogP contribution in [-0.4, -0.2) is 30.5 Å². The van der Waals surface area contributed by atoms with E-state index in [0.29, 0.717) is 23.6 Å². The van der Waals surface area contributed by atoms with Gasteiger partial charge in [-0.1, -0.05) is 18.2 Å². The van der Waals surface area contributed by atoms with E-state index < -0.39 is 0 Å². The van der Waals surface area contributed by atoms with E-state index in [1.807, 2.05) is 37.4 Å². The summed E-state index contributed by atoms with van der Waals surface area (Å²) in [5.41, 5.74) is 1.72. The van der Waals surface area contributed by atoms with Gasteiger partial charge in [-0.2, -0.15) is 0 Å². The van der Waals surface area contributed by atoms with E-state index in [4.69, 9.17) is 4.74 Å². The van der Waals surface area contributed by atoms with Crippen LogP contribution in [0.25, 0.3) is 0 Å². The molecular formula is C22H23N3O2. The molecule has 0 saturated heterocycles. The SMILES string of the molecule is CC(CNC(=O)c1ccc(Oc2cccnc2)cc1)N(C)c1ccccc1. The van der Waals surface area contributed by atoms with Crippen molar-refractivity contribution in [3.8, 4) is 11.5 Å². The molecule has 5 heteroatoms. The van der Waals surface area contributed by atoms with E-state index in [-0.39, 0.29) is 11.9 Å². The number of carbonyl (C=O) groups is 1. The largest absolute Gasteiger partial charge is 0.456 e. The highest BCUT2D eigenvalue weighted by Gasteiger charge is 2.12. The zero-order valence-electron chi connectivity index (χ0n) is 15.5. The van der Waals surface area contributed by atoms with Crippen molar-refractivity contribution in [2.75, 3.05) is 18.5 Å². The summed E-state index contributed by atoms with van der Waals surface area (Å²) >= 11 is 0. The summed E-state index contributed by atoms with van der Waals surface area (Å²) in [5, 5.41) is 2.99. The van der Waals surface area contributed by atoms with E-state index in [2.05, 4.69) is 34.3 Å². The molecule has 0 spiro atoms. The lowest BCUT2D eigenvalue weighted by Crippen LogP contribution is -2.40. The number of nitrogens with zero attached hydrogens (tertiary/aromatic N) is 2. The summed E-state index contributed by atoms with van der Waals surface area (Å²) in [4.78, 5) is 18.6. The number of pyridine rings is 1. The smallest absolute Gasteiger partial charge is 0.251 e. The number of ether oxygens (including phenoxy) is 1. The Balaban J connectivity index is 1.53. The number of para-hydroxylation sites is 1. The van der Waals surface area contributed by atoms with E-state index in [0.717, 1.165) is 5.69 Å². The molecule has 0 bridgehead atoms. The van der Waals surface area contributed by atoms with Crippen LogP contribution in [0.2, 0.25) is 0 Å². The Bertz CT molecular complexity index is 852. The number of carbonyl (C=O) groups excluding carboxylic acids is 1. The molecule has 3 rings (SSSR count). The number of likely N-dealkylation sites (N-methyl/N-ethyl adjacent to an activating group) is 1. The van der Waals surface area contributed by atoms with Crippen LogP contribution in [0, 0.1) is 0 Å². The van der Waals surface area contributed by atoms with Gasteiger partial charge < -0.3 is 15.0 Å². The van der Waals surface area contributed by atoms with Crippen molar-refractivity contribution in [2.24, 2.45) is 0 Å². The minimum Gasteiger partial charge on any atom is -0.456 e. The molecule has 1 unspecified atom stereocenters. The first-order chi connectivity index (χ1) is 13.1. The molecule has 0 aliphatic rings. The van der Waals surface area contributed by atoms with E-state index in [1.165, 1.54) is 0 Å². The molecule has 0 saturated carbocycles. The topological polar surface area (TPSA) is 54.5 Å². The standard InChI is InChI=1S/C22H23N3O2/c1-17(25(2)19-7-4-3-5-8-19)15-24-22(26)18-10-12-20(13-11-18)27-21-9-6-14-23-16-21/h3-14,16-17H,15H2,1-2H3,(H,24,26). The second-order valence-electron chi connectivity index (χ2n) is 6.32. The highest BCUT2D eigenvalue weighted by molar-refractivity contribution is 5.94. The maximum Gasteiger partial charge on any atom is 0.251 e. The Morgan fingerprint density at radius 1 is 1.04 bits per heavy atom. The van der Waals surface area contributed by atoms with Gasteiger partial charge in [0.05, 0.1) is 6.20 Å². The molecule has 2 aromatic carbocycles. The van der Waals surface area contributed by atoms with Crippen LogP contribution in [0.3, 0.4) is 0 Å². The first-order valence-corrected chi connectivity index (χ1v) is 8.87. The highest BCUT2D eigenvalue weighted by atomic mass is 16.5. The lowest BCUT2D eigenvalue weighted by Gasteiger charge is -2.27. The first-order valence-electron chi connectivity index (χ1n) is 8.87. The quantitative estimate of drug-likeness (QED) is 0.687. The van der Waals surface area contributed by atoms with Gasteiger partial charge in [-0.25, -0.2) is 0 Å². The molecule has 138 valence electrons. The van der Waals surface area contributed by atoms with Crippen molar-refractivity contribution in [3.63, 3.8) is 0 Å². The summed E-state index contributed by atoms with van der Waals surface area (Å²) in [6.07, 6.45) is 3.34. The third kappa shape index (κ3) is 5.07. The van der Waals surface area contributed by atoms with E-state index >= 15 is 0 Å². The molecule has 27 heavy (non-hydrogen) atoms.